The lowest BCUT2D eigenvalue weighted by Crippen LogP contribution is -2.24. The Bertz CT molecular complexity index is 1210. The van der Waals surface area contributed by atoms with Gasteiger partial charge in [-0.2, -0.15) is 0 Å². The van der Waals surface area contributed by atoms with Gasteiger partial charge in [0.2, 0.25) is 11.6 Å². The van der Waals surface area contributed by atoms with Crippen LogP contribution in [0.3, 0.4) is 0 Å². The van der Waals surface area contributed by atoms with Crippen molar-refractivity contribution in [2.75, 3.05) is 16.8 Å². The van der Waals surface area contributed by atoms with Crippen LogP contribution in [0.25, 0.3) is 0 Å². The van der Waals surface area contributed by atoms with Crippen LogP contribution >= 0.6 is 0 Å². The first-order valence-electron chi connectivity index (χ1n) is 12.0. The second-order valence-corrected chi connectivity index (χ2v) is 8.33. The minimum Gasteiger partial charge on any atom is -0.494 e. The fourth-order valence-corrected chi connectivity index (χ4v) is 3.78. The largest absolute Gasteiger partial charge is 0.494 e. The molecule has 0 saturated carbocycles. The van der Waals surface area contributed by atoms with Crippen molar-refractivity contribution in [2.45, 2.75) is 32.9 Å². The molecule has 0 spiro atoms. The summed E-state index contributed by atoms with van der Waals surface area (Å²) in [5, 5.41) is 15.4. The van der Waals surface area contributed by atoms with Crippen LogP contribution in [-0.4, -0.2) is 21.5 Å². The SMILES string of the molecule is CCCCOc1ccc(Nc2ncnc(N(Cc3ccccc3)Cc3ccccc3)c2[N+](=O)[O-])cc1. The Morgan fingerprint density at radius 1 is 0.889 bits per heavy atom. The van der Waals surface area contributed by atoms with Crippen molar-refractivity contribution in [1.82, 2.24) is 9.97 Å². The minimum absolute atomic E-state index is 0.135. The van der Waals surface area contributed by atoms with Gasteiger partial charge in [0.05, 0.1) is 11.5 Å². The van der Waals surface area contributed by atoms with E-state index in [0.717, 1.165) is 29.7 Å². The highest BCUT2D eigenvalue weighted by atomic mass is 16.6. The smallest absolute Gasteiger partial charge is 0.353 e. The first kappa shape index (κ1) is 24.7. The normalized spacial score (nSPS) is 10.6. The molecule has 4 rings (SSSR count). The van der Waals surface area contributed by atoms with Gasteiger partial charge in [-0.15, -0.1) is 0 Å². The van der Waals surface area contributed by atoms with Crippen molar-refractivity contribution in [3.63, 3.8) is 0 Å². The number of nitro groups is 1. The van der Waals surface area contributed by atoms with E-state index in [1.165, 1.54) is 6.33 Å². The van der Waals surface area contributed by atoms with Crippen molar-refractivity contribution in [2.24, 2.45) is 0 Å². The van der Waals surface area contributed by atoms with Crippen molar-refractivity contribution in [1.29, 1.82) is 0 Å². The number of unbranched alkanes of at least 4 members (excludes halogenated alkanes) is 1. The summed E-state index contributed by atoms with van der Waals surface area (Å²) in [7, 11) is 0. The number of benzene rings is 3. The minimum atomic E-state index is -0.428. The Kier molecular flexibility index (Phi) is 8.43. The molecular weight excluding hydrogens is 454 g/mol. The van der Waals surface area contributed by atoms with Gasteiger partial charge in [-0.3, -0.25) is 10.1 Å². The Hall–Kier alpha value is -4.46. The highest BCUT2D eigenvalue weighted by Gasteiger charge is 2.27. The fraction of sp³-hybridized carbons (Fsp3) is 0.214. The summed E-state index contributed by atoms with van der Waals surface area (Å²) in [5.74, 6) is 1.14. The number of nitrogens with one attached hydrogen (secondary N) is 1. The van der Waals surface area contributed by atoms with Crippen molar-refractivity contribution < 1.29 is 9.66 Å². The number of anilines is 3. The van der Waals surface area contributed by atoms with Crippen LogP contribution in [0.2, 0.25) is 0 Å². The third kappa shape index (κ3) is 6.56. The van der Waals surface area contributed by atoms with Gasteiger partial charge in [-0.05, 0) is 41.8 Å². The van der Waals surface area contributed by atoms with Crippen LogP contribution in [0.4, 0.5) is 23.0 Å². The zero-order valence-corrected chi connectivity index (χ0v) is 20.2. The summed E-state index contributed by atoms with van der Waals surface area (Å²) < 4.78 is 5.71. The van der Waals surface area contributed by atoms with Gasteiger partial charge in [-0.1, -0.05) is 74.0 Å². The van der Waals surface area contributed by atoms with E-state index in [1.807, 2.05) is 89.8 Å². The predicted molar refractivity (Wildman–Crippen MR) is 142 cm³/mol. The fourth-order valence-electron chi connectivity index (χ4n) is 3.78. The molecule has 0 aliphatic carbocycles. The van der Waals surface area contributed by atoms with E-state index < -0.39 is 4.92 Å². The third-order valence-electron chi connectivity index (χ3n) is 5.60. The van der Waals surface area contributed by atoms with E-state index in [-0.39, 0.29) is 17.3 Å². The average Bonchev–Trinajstić information content (AvgIpc) is 2.90. The second kappa shape index (κ2) is 12.3. The molecule has 0 fully saturated rings. The summed E-state index contributed by atoms with van der Waals surface area (Å²) in [6.45, 7) is 3.68. The van der Waals surface area contributed by atoms with Crippen LogP contribution in [0.15, 0.2) is 91.3 Å². The number of nitrogens with zero attached hydrogens (tertiary/aromatic N) is 4. The Labute approximate surface area is 210 Å². The molecule has 0 radical (unpaired) electrons. The van der Waals surface area contributed by atoms with Crippen molar-refractivity contribution in [3.05, 3.63) is 112 Å². The Balaban J connectivity index is 1.64. The molecule has 1 aromatic heterocycles. The third-order valence-corrected chi connectivity index (χ3v) is 5.60. The number of hydrogen-bond donors (Lipinski definition) is 1. The van der Waals surface area contributed by atoms with E-state index in [0.29, 0.717) is 25.4 Å². The Morgan fingerprint density at radius 2 is 1.50 bits per heavy atom. The maximum absolute atomic E-state index is 12.3. The monoisotopic (exact) mass is 483 g/mol. The molecule has 3 aromatic carbocycles. The summed E-state index contributed by atoms with van der Waals surface area (Å²) in [6, 6.07) is 27.0. The Morgan fingerprint density at radius 3 is 2.06 bits per heavy atom. The van der Waals surface area contributed by atoms with Crippen LogP contribution in [0.5, 0.6) is 5.75 Å². The molecular formula is C28H29N5O3. The molecule has 0 amide bonds. The van der Waals surface area contributed by atoms with E-state index in [4.69, 9.17) is 4.74 Å². The van der Waals surface area contributed by atoms with E-state index in [2.05, 4.69) is 22.2 Å². The van der Waals surface area contributed by atoms with E-state index in [1.54, 1.807) is 0 Å². The molecule has 0 saturated heterocycles. The van der Waals surface area contributed by atoms with Crippen LogP contribution in [-0.2, 0) is 13.1 Å². The molecule has 8 nitrogen and oxygen atoms in total. The van der Waals surface area contributed by atoms with Gasteiger partial charge in [0.25, 0.3) is 0 Å². The molecule has 0 atom stereocenters. The molecule has 36 heavy (non-hydrogen) atoms. The summed E-state index contributed by atoms with van der Waals surface area (Å²) in [4.78, 5) is 22.3. The van der Waals surface area contributed by atoms with E-state index >= 15 is 0 Å². The van der Waals surface area contributed by atoms with Crippen LogP contribution in [0, 0.1) is 10.1 Å². The van der Waals surface area contributed by atoms with Gasteiger partial charge in [0.15, 0.2) is 0 Å². The number of ether oxygens (including phenoxy) is 1. The molecule has 0 aliphatic heterocycles. The topological polar surface area (TPSA) is 93.4 Å². The van der Waals surface area contributed by atoms with Gasteiger partial charge in [-0.25, -0.2) is 9.97 Å². The second-order valence-electron chi connectivity index (χ2n) is 8.33. The zero-order valence-electron chi connectivity index (χ0n) is 20.2. The van der Waals surface area contributed by atoms with Gasteiger partial charge in [0, 0.05) is 18.8 Å². The average molecular weight is 484 g/mol. The lowest BCUT2D eigenvalue weighted by Gasteiger charge is -2.24. The maximum atomic E-state index is 12.3. The standard InChI is InChI=1S/C28H29N5O3/c1-2-3-18-36-25-16-14-24(15-17-25)31-27-26(33(34)35)28(30-21-29-27)32(19-22-10-6-4-7-11-22)20-23-12-8-5-9-13-23/h4-17,21H,2-3,18-20H2,1H3,(H,29,30,31). The maximum Gasteiger partial charge on any atom is 0.353 e. The molecule has 1 heterocycles. The molecule has 0 unspecified atom stereocenters. The lowest BCUT2D eigenvalue weighted by atomic mass is 10.1. The van der Waals surface area contributed by atoms with Gasteiger partial charge in [0.1, 0.15) is 12.1 Å². The molecule has 184 valence electrons. The molecule has 8 heteroatoms. The van der Waals surface area contributed by atoms with E-state index in [9.17, 15) is 10.1 Å². The highest BCUT2D eigenvalue weighted by Crippen LogP contribution is 2.35. The summed E-state index contributed by atoms with van der Waals surface area (Å²) in [5.41, 5.74) is 2.54. The summed E-state index contributed by atoms with van der Waals surface area (Å²) in [6.07, 6.45) is 3.40. The molecule has 0 aliphatic rings. The first-order valence-corrected chi connectivity index (χ1v) is 12.0. The number of aromatic nitrogens is 2. The summed E-state index contributed by atoms with van der Waals surface area (Å²) >= 11 is 0. The van der Waals surface area contributed by atoms with Crippen molar-refractivity contribution >= 4 is 23.0 Å². The van der Waals surface area contributed by atoms with Crippen molar-refractivity contribution in [3.8, 4) is 5.75 Å². The molecule has 4 aromatic rings. The zero-order chi connectivity index (χ0) is 25.2. The molecule has 0 bridgehead atoms. The van der Waals surface area contributed by atoms with Crippen LogP contribution in [0.1, 0.15) is 30.9 Å². The van der Waals surface area contributed by atoms with Gasteiger partial charge < -0.3 is 15.0 Å². The lowest BCUT2D eigenvalue weighted by molar-refractivity contribution is -0.383. The molecule has 1 N–H and O–H groups in total. The van der Waals surface area contributed by atoms with Gasteiger partial charge >= 0.3 is 5.69 Å². The quantitative estimate of drug-likeness (QED) is 0.139. The van der Waals surface area contributed by atoms with Crippen LogP contribution < -0.4 is 15.0 Å². The number of rotatable bonds is 12. The highest BCUT2D eigenvalue weighted by molar-refractivity contribution is 5.74. The predicted octanol–water partition coefficient (Wildman–Crippen LogP) is 6.51. The first-order chi connectivity index (χ1) is 17.6. The number of hydrogen-bond acceptors (Lipinski definition) is 7.